The van der Waals surface area contributed by atoms with Crippen LogP contribution in [0.4, 0.5) is 0 Å². The Labute approximate surface area is 72.5 Å². The molecule has 1 rings (SSSR count). The van der Waals surface area contributed by atoms with Gasteiger partial charge < -0.3 is 12.4 Å². The summed E-state index contributed by atoms with van der Waals surface area (Å²) in [5.41, 5.74) is 0.713. The van der Waals surface area contributed by atoms with Crippen LogP contribution >= 0.6 is 0 Å². The Kier molecular flexibility index (Phi) is 4.24. The lowest BCUT2D eigenvalue weighted by atomic mass is 10.3. The second kappa shape index (κ2) is 4.70. The van der Waals surface area contributed by atoms with E-state index in [1.807, 2.05) is 29.1 Å². The van der Waals surface area contributed by atoms with Gasteiger partial charge in [-0.1, -0.05) is 0 Å². The number of hydrogen-bond donors (Lipinski definition) is 0. The zero-order chi connectivity index (χ0) is 7.40. The highest BCUT2D eigenvalue weighted by molar-refractivity contribution is 5.23. The zero-order valence-corrected chi connectivity index (χ0v) is 7.04. The van der Waals surface area contributed by atoms with Gasteiger partial charge in [0.15, 0.2) is 12.4 Å². The first-order valence-electron chi connectivity index (χ1n) is 3.26. The second-order valence-electron chi connectivity index (χ2n) is 2.03. The molecule has 0 spiro atoms. The standard InChI is InChI=1S/C8H9N2.ClH/c1-2-10-5-3-8(7-9)4-6-10;/h3-6H,2H2,1H3;1H/q+1;/p-1. The van der Waals surface area contributed by atoms with Crippen molar-refractivity contribution in [2.75, 3.05) is 0 Å². The molecule has 0 saturated heterocycles. The maximum absolute atomic E-state index is 8.44. The van der Waals surface area contributed by atoms with Crippen molar-refractivity contribution in [2.24, 2.45) is 0 Å². The minimum atomic E-state index is 0. The van der Waals surface area contributed by atoms with Crippen LogP contribution in [0.2, 0.25) is 0 Å². The molecule has 11 heavy (non-hydrogen) atoms. The third kappa shape index (κ3) is 2.57. The molecule has 0 amide bonds. The summed E-state index contributed by atoms with van der Waals surface area (Å²) in [6, 6.07) is 5.68. The smallest absolute Gasteiger partial charge is 0.170 e. The zero-order valence-electron chi connectivity index (χ0n) is 6.29. The van der Waals surface area contributed by atoms with Crippen LogP contribution in [0.3, 0.4) is 0 Å². The normalized spacial score (nSPS) is 8.00. The average Bonchev–Trinajstić information content (AvgIpc) is 2.05. The summed E-state index contributed by atoms with van der Waals surface area (Å²) in [5.74, 6) is 0. The van der Waals surface area contributed by atoms with E-state index in [9.17, 15) is 0 Å². The van der Waals surface area contributed by atoms with E-state index in [1.54, 1.807) is 0 Å². The van der Waals surface area contributed by atoms with Gasteiger partial charge >= 0.3 is 0 Å². The Balaban J connectivity index is 0.000001000. The molecule has 0 radical (unpaired) electrons. The van der Waals surface area contributed by atoms with E-state index in [-0.39, 0.29) is 12.4 Å². The second-order valence-corrected chi connectivity index (χ2v) is 2.03. The molecule has 3 heteroatoms. The van der Waals surface area contributed by atoms with Crippen LogP contribution in [0.1, 0.15) is 12.5 Å². The number of nitriles is 1. The Hall–Kier alpha value is -1.07. The number of pyridine rings is 1. The van der Waals surface area contributed by atoms with Gasteiger partial charge in [0.1, 0.15) is 6.54 Å². The average molecular weight is 169 g/mol. The maximum atomic E-state index is 8.44. The Morgan fingerprint density at radius 1 is 1.45 bits per heavy atom. The van der Waals surface area contributed by atoms with E-state index in [4.69, 9.17) is 5.26 Å². The van der Waals surface area contributed by atoms with E-state index in [0.29, 0.717) is 5.56 Å². The molecule has 0 aliphatic heterocycles. The Bertz CT molecular complexity index is 248. The highest BCUT2D eigenvalue weighted by Crippen LogP contribution is 1.89. The summed E-state index contributed by atoms with van der Waals surface area (Å²) in [4.78, 5) is 0. The van der Waals surface area contributed by atoms with Crippen LogP contribution in [0.5, 0.6) is 0 Å². The Morgan fingerprint density at radius 2 is 2.00 bits per heavy atom. The highest BCUT2D eigenvalue weighted by atomic mass is 35.5. The predicted octanol–water partition coefficient (Wildman–Crippen LogP) is -2.13. The number of aromatic nitrogens is 1. The molecule has 0 unspecified atom stereocenters. The monoisotopic (exact) mass is 168 g/mol. The quantitative estimate of drug-likeness (QED) is 0.441. The van der Waals surface area contributed by atoms with Crippen LogP contribution in [0, 0.1) is 11.3 Å². The predicted molar refractivity (Wildman–Crippen MR) is 37.0 cm³/mol. The minimum Gasteiger partial charge on any atom is -1.00 e. The molecule has 0 fully saturated rings. The molecule has 0 atom stereocenters. The maximum Gasteiger partial charge on any atom is 0.170 e. The van der Waals surface area contributed by atoms with Crippen molar-refractivity contribution in [1.82, 2.24) is 0 Å². The first-order valence-corrected chi connectivity index (χ1v) is 3.26. The third-order valence-corrected chi connectivity index (χ3v) is 1.39. The van der Waals surface area contributed by atoms with Crippen molar-refractivity contribution < 1.29 is 17.0 Å². The molecule has 58 valence electrons. The van der Waals surface area contributed by atoms with Crippen LogP contribution in [-0.4, -0.2) is 0 Å². The molecule has 1 heterocycles. The number of nitrogens with zero attached hydrogens (tertiary/aromatic N) is 2. The molecule has 1 aromatic rings. The lowest BCUT2D eigenvalue weighted by Crippen LogP contribution is -3.00. The highest BCUT2D eigenvalue weighted by Gasteiger charge is 1.94. The van der Waals surface area contributed by atoms with E-state index >= 15 is 0 Å². The van der Waals surface area contributed by atoms with Gasteiger partial charge in [0.2, 0.25) is 0 Å². The van der Waals surface area contributed by atoms with Crippen molar-refractivity contribution in [3.05, 3.63) is 30.1 Å². The molecule has 2 nitrogen and oxygen atoms in total. The summed E-state index contributed by atoms with van der Waals surface area (Å²) in [5, 5.41) is 8.44. The largest absolute Gasteiger partial charge is 1.00 e. The van der Waals surface area contributed by atoms with Crippen molar-refractivity contribution in [3.8, 4) is 6.07 Å². The molecule has 0 aliphatic rings. The molecule has 0 saturated carbocycles. The van der Waals surface area contributed by atoms with Crippen molar-refractivity contribution in [3.63, 3.8) is 0 Å². The summed E-state index contributed by atoms with van der Waals surface area (Å²) in [6.45, 7) is 3.01. The van der Waals surface area contributed by atoms with Gasteiger partial charge in [-0.15, -0.1) is 0 Å². The SMILES string of the molecule is CC[n+]1ccc(C#N)cc1.[Cl-]. The van der Waals surface area contributed by atoms with E-state index in [2.05, 4.69) is 13.0 Å². The van der Waals surface area contributed by atoms with Gasteiger partial charge in [-0.05, 0) is 6.92 Å². The first-order chi connectivity index (χ1) is 4.86. The molecule has 0 aliphatic carbocycles. The number of hydrogen-bond acceptors (Lipinski definition) is 1. The first kappa shape index (κ1) is 9.93. The van der Waals surface area contributed by atoms with Crippen LogP contribution in [0.25, 0.3) is 0 Å². The van der Waals surface area contributed by atoms with Gasteiger partial charge in [0.25, 0.3) is 0 Å². The van der Waals surface area contributed by atoms with Gasteiger partial charge in [-0.3, -0.25) is 0 Å². The van der Waals surface area contributed by atoms with Gasteiger partial charge in [0, 0.05) is 12.1 Å². The molecule has 0 aromatic carbocycles. The van der Waals surface area contributed by atoms with Crippen LogP contribution in [-0.2, 0) is 6.54 Å². The summed E-state index contributed by atoms with van der Waals surface area (Å²) < 4.78 is 2.01. The summed E-state index contributed by atoms with van der Waals surface area (Å²) in [7, 11) is 0. The van der Waals surface area contributed by atoms with Crippen LogP contribution in [0.15, 0.2) is 24.5 Å². The number of aryl methyl sites for hydroxylation is 1. The fraction of sp³-hybridized carbons (Fsp3) is 0.250. The molecular weight excluding hydrogens is 160 g/mol. The molecule has 1 aromatic heterocycles. The van der Waals surface area contributed by atoms with E-state index in [1.165, 1.54) is 0 Å². The van der Waals surface area contributed by atoms with Crippen LogP contribution < -0.4 is 17.0 Å². The summed E-state index contributed by atoms with van der Waals surface area (Å²) in [6.07, 6.45) is 3.80. The fourth-order valence-corrected chi connectivity index (χ4v) is 0.743. The molecule has 0 N–H and O–H groups in total. The van der Waals surface area contributed by atoms with E-state index in [0.717, 1.165) is 6.54 Å². The van der Waals surface area contributed by atoms with E-state index < -0.39 is 0 Å². The lowest BCUT2D eigenvalue weighted by molar-refractivity contribution is -0.693. The van der Waals surface area contributed by atoms with Crippen molar-refractivity contribution in [1.29, 1.82) is 5.26 Å². The molecular formula is C8H9ClN2. The number of rotatable bonds is 1. The van der Waals surface area contributed by atoms with Gasteiger partial charge in [0.05, 0.1) is 11.6 Å². The van der Waals surface area contributed by atoms with Gasteiger partial charge in [-0.2, -0.15) is 5.26 Å². The minimum absolute atomic E-state index is 0. The lowest BCUT2D eigenvalue weighted by Gasteiger charge is -1.88. The Morgan fingerprint density at radius 3 is 2.36 bits per heavy atom. The summed E-state index contributed by atoms with van der Waals surface area (Å²) >= 11 is 0. The molecule has 0 bridgehead atoms. The fourth-order valence-electron chi connectivity index (χ4n) is 0.743. The van der Waals surface area contributed by atoms with Gasteiger partial charge in [-0.25, -0.2) is 4.57 Å². The third-order valence-electron chi connectivity index (χ3n) is 1.39. The van der Waals surface area contributed by atoms with Crippen molar-refractivity contribution >= 4 is 0 Å². The van der Waals surface area contributed by atoms with Crippen molar-refractivity contribution in [2.45, 2.75) is 13.5 Å². The number of halogens is 1. The topological polar surface area (TPSA) is 27.7 Å².